The topological polar surface area (TPSA) is 0 Å². The van der Waals surface area contributed by atoms with Crippen LogP contribution in [0.25, 0.3) is 0 Å². The zero-order valence-corrected chi connectivity index (χ0v) is 6.56. The molecule has 0 N–H and O–H groups in total. The number of rotatable bonds is 5. The van der Waals surface area contributed by atoms with Gasteiger partial charge in [0, 0.05) is 0 Å². The van der Waals surface area contributed by atoms with Crippen molar-refractivity contribution >= 4 is 0 Å². The Hall–Kier alpha value is -0.260. The predicted octanol–water partition coefficient (Wildman–Crippen LogP) is 3.35. The Balaban J connectivity index is 2.86. The van der Waals surface area contributed by atoms with E-state index in [-0.39, 0.29) is 0 Å². The van der Waals surface area contributed by atoms with E-state index in [0.29, 0.717) is 0 Å². The first-order valence-corrected chi connectivity index (χ1v) is 3.84. The zero-order valence-electron chi connectivity index (χ0n) is 6.56. The van der Waals surface area contributed by atoms with Crippen molar-refractivity contribution in [3.63, 3.8) is 0 Å². The molecule has 0 aromatic heterocycles. The fraction of sp³-hybridized carbons (Fsp3) is 0.667. The molecule has 1 radical (unpaired) electrons. The maximum Gasteiger partial charge on any atom is -0.0322 e. The van der Waals surface area contributed by atoms with Gasteiger partial charge in [0.15, 0.2) is 0 Å². The van der Waals surface area contributed by atoms with Crippen molar-refractivity contribution in [1.82, 2.24) is 0 Å². The van der Waals surface area contributed by atoms with Gasteiger partial charge in [0.25, 0.3) is 0 Å². The normalized spacial score (nSPS) is 10.9. The first-order chi connectivity index (χ1) is 4.41. The molecule has 0 heterocycles. The van der Waals surface area contributed by atoms with E-state index < -0.39 is 0 Å². The average Bonchev–Trinajstić information content (AvgIpc) is 1.89. The highest BCUT2D eigenvalue weighted by Crippen LogP contribution is 1.96. The van der Waals surface area contributed by atoms with E-state index in [2.05, 4.69) is 32.4 Å². The molecule has 0 aromatic rings. The van der Waals surface area contributed by atoms with E-state index in [0.717, 1.165) is 6.42 Å². The lowest BCUT2D eigenvalue weighted by Gasteiger charge is -1.87. The minimum atomic E-state index is 1.13. The molecule has 0 bridgehead atoms. The van der Waals surface area contributed by atoms with Gasteiger partial charge in [0.1, 0.15) is 0 Å². The molecule has 0 fully saturated rings. The second kappa shape index (κ2) is 7.74. The summed E-state index contributed by atoms with van der Waals surface area (Å²) < 4.78 is 0. The summed E-state index contributed by atoms with van der Waals surface area (Å²) in [6, 6.07) is 0. The number of hydrogen-bond acceptors (Lipinski definition) is 0. The minimum absolute atomic E-state index is 1.13. The van der Waals surface area contributed by atoms with Crippen LogP contribution in [-0.2, 0) is 0 Å². The third-order valence-electron chi connectivity index (χ3n) is 1.26. The van der Waals surface area contributed by atoms with E-state index in [1.54, 1.807) is 0 Å². The van der Waals surface area contributed by atoms with Crippen LogP contribution >= 0.6 is 0 Å². The quantitative estimate of drug-likeness (QED) is 0.390. The van der Waals surface area contributed by atoms with Gasteiger partial charge in [-0.2, -0.15) is 0 Å². The van der Waals surface area contributed by atoms with Crippen LogP contribution in [0.2, 0.25) is 0 Å². The third-order valence-corrected chi connectivity index (χ3v) is 1.26. The van der Waals surface area contributed by atoms with Crippen molar-refractivity contribution in [1.29, 1.82) is 0 Å². The summed E-state index contributed by atoms with van der Waals surface area (Å²) >= 11 is 0. The lowest BCUT2D eigenvalue weighted by Crippen LogP contribution is -1.67. The fourth-order valence-electron chi connectivity index (χ4n) is 0.672. The number of allylic oxidation sites excluding steroid dienone is 2. The molecule has 0 rings (SSSR count). The summed E-state index contributed by atoms with van der Waals surface area (Å²) in [7, 11) is 0. The molecule has 0 unspecified atom stereocenters. The first-order valence-electron chi connectivity index (χ1n) is 3.84. The van der Waals surface area contributed by atoms with Gasteiger partial charge < -0.3 is 0 Å². The van der Waals surface area contributed by atoms with Crippen molar-refractivity contribution in [2.24, 2.45) is 0 Å². The Morgan fingerprint density at radius 1 is 1.22 bits per heavy atom. The summed E-state index contributed by atoms with van der Waals surface area (Å²) in [5.41, 5.74) is 0. The van der Waals surface area contributed by atoms with Gasteiger partial charge in [0.2, 0.25) is 0 Å². The van der Waals surface area contributed by atoms with E-state index in [4.69, 9.17) is 0 Å². The van der Waals surface area contributed by atoms with Crippen LogP contribution in [0.3, 0.4) is 0 Å². The van der Waals surface area contributed by atoms with Gasteiger partial charge in [0.05, 0.1) is 0 Å². The first kappa shape index (κ1) is 8.74. The Labute approximate surface area is 59.0 Å². The van der Waals surface area contributed by atoms with Crippen molar-refractivity contribution in [2.45, 2.75) is 39.5 Å². The molecule has 9 heavy (non-hydrogen) atoms. The molecule has 0 saturated carbocycles. The highest BCUT2D eigenvalue weighted by molar-refractivity contribution is 4.84. The SMILES string of the molecule is C[CH]CC=CCCCC. The van der Waals surface area contributed by atoms with Gasteiger partial charge >= 0.3 is 0 Å². The van der Waals surface area contributed by atoms with Crippen LogP contribution < -0.4 is 0 Å². The van der Waals surface area contributed by atoms with Gasteiger partial charge in [-0.05, 0) is 19.3 Å². The molecule has 0 aliphatic heterocycles. The third kappa shape index (κ3) is 7.74. The summed E-state index contributed by atoms with van der Waals surface area (Å²) in [6.45, 7) is 4.31. The Morgan fingerprint density at radius 2 is 2.00 bits per heavy atom. The minimum Gasteiger partial charge on any atom is -0.0885 e. The zero-order chi connectivity index (χ0) is 6.95. The lowest BCUT2D eigenvalue weighted by atomic mass is 10.2. The van der Waals surface area contributed by atoms with Gasteiger partial charge in [-0.25, -0.2) is 0 Å². The molecule has 0 heteroatoms. The molecule has 0 aliphatic rings. The maximum absolute atomic E-state index is 2.27. The van der Waals surface area contributed by atoms with Crippen LogP contribution in [0, 0.1) is 6.42 Å². The fourth-order valence-corrected chi connectivity index (χ4v) is 0.672. The molecule has 0 saturated heterocycles. The van der Waals surface area contributed by atoms with Crippen LogP contribution in [0.4, 0.5) is 0 Å². The molecule has 0 atom stereocenters. The molecular formula is C9H17. The average molecular weight is 125 g/mol. The number of hydrogen-bond donors (Lipinski definition) is 0. The summed E-state index contributed by atoms with van der Waals surface area (Å²) in [4.78, 5) is 0. The Morgan fingerprint density at radius 3 is 2.56 bits per heavy atom. The monoisotopic (exact) mass is 125 g/mol. The summed E-state index contributed by atoms with van der Waals surface area (Å²) in [5.74, 6) is 0. The molecule has 53 valence electrons. The second-order valence-corrected chi connectivity index (χ2v) is 2.26. The standard InChI is InChI=1S/C9H17/c1-3-5-7-9-8-6-4-2/h3,7,9H,4-6,8H2,1-2H3. The lowest BCUT2D eigenvalue weighted by molar-refractivity contribution is 0.813. The Bertz CT molecular complexity index is 62.4. The van der Waals surface area contributed by atoms with E-state index in [1.807, 2.05) is 0 Å². The molecular weight excluding hydrogens is 108 g/mol. The largest absolute Gasteiger partial charge is 0.0885 e. The smallest absolute Gasteiger partial charge is 0.0322 e. The molecule has 0 nitrogen and oxygen atoms in total. The molecule has 0 aromatic carbocycles. The van der Waals surface area contributed by atoms with Crippen molar-refractivity contribution in [3.8, 4) is 0 Å². The van der Waals surface area contributed by atoms with E-state index in [9.17, 15) is 0 Å². The number of unbranched alkanes of at least 4 members (excludes halogenated alkanes) is 3. The van der Waals surface area contributed by atoms with Gasteiger partial charge in [-0.3, -0.25) is 0 Å². The molecule has 0 spiro atoms. The van der Waals surface area contributed by atoms with E-state index in [1.165, 1.54) is 19.3 Å². The van der Waals surface area contributed by atoms with Crippen molar-refractivity contribution in [2.75, 3.05) is 0 Å². The Kier molecular flexibility index (Phi) is 7.52. The second-order valence-electron chi connectivity index (χ2n) is 2.26. The van der Waals surface area contributed by atoms with Crippen LogP contribution in [0.15, 0.2) is 12.2 Å². The maximum atomic E-state index is 2.27. The molecule has 0 amide bonds. The van der Waals surface area contributed by atoms with Gasteiger partial charge in [-0.15, -0.1) is 0 Å². The van der Waals surface area contributed by atoms with Crippen LogP contribution in [0.1, 0.15) is 39.5 Å². The van der Waals surface area contributed by atoms with E-state index >= 15 is 0 Å². The van der Waals surface area contributed by atoms with Crippen LogP contribution in [0.5, 0.6) is 0 Å². The van der Waals surface area contributed by atoms with Crippen molar-refractivity contribution in [3.05, 3.63) is 18.6 Å². The highest BCUT2D eigenvalue weighted by Gasteiger charge is 1.76. The van der Waals surface area contributed by atoms with Crippen LogP contribution in [-0.4, -0.2) is 0 Å². The molecule has 0 aliphatic carbocycles. The summed E-state index contributed by atoms with van der Waals surface area (Å²) in [5, 5.41) is 0. The highest BCUT2D eigenvalue weighted by atomic mass is 13.8. The van der Waals surface area contributed by atoms with Gasteiger partial charge in [-0.1, -0.05) is 38.8 Å². The van der Waals surface area contributed by atoms with Crippen molar-refractivity contribution < 1.29 is 0 Å². The summed E-state index contributed by atoms with van der Waals surface area (Å²) in [6.07, 6.45) is 11.7. The predicted molar refractivity (Wildman–Crippen MR) is 43.3 cm³/mol.